The van der Waals surface area contributed by atoms with Gasteiger partial charge in [-0.15, -0.1) is 0 Å². The van der Waals surface area contributed by atoms with E-state index >= 15 is 0 Å². The first-order valence-corrected chi connectivity index (χ1v) is 5.08. The number of ether oxygens (including phenoxy) is 1. The van der Waals surface area contributed by atoms with Crippen LogP contribution in [0.15, 0.2) is 24.3 Å². The van der Waals surface area contributed by atoms with Crippen LogP contribution >= 0.6 is 0 Å². The first-order valence-electron chi connectivity index (χ1n) is 5.08. The molecule has 0 heterocycles. The Hall–Kier alpha value is -1.22. The van der Waals surface area contributed by atoms with Crippen LogP contribution in [0.4, 0.5) is 5.69 Å². The molecular weight excluding hydrogens is 176 g/mol. The van der Waals surface area contributed by atoms with Gasteiger partial charge in [0.05, 0.1) is 12.3 Å². The maximum Gasteiger partial charge on any atom is 0.121 e. The highest BCUT2D eigenvalue weighted by Gasteiger charge is 1.94. The molecule has 0 spiro atoms. The summed E-state index contributed by atoms with van der Waals surface area (Å²) in [5.41, 5.74) is 7.26. The quantitative estimate of drug-likeness (QED) is 0.539. The van der Waals surface area contributed by atoms with Crippen LogP contribution in [0, 0.1) is 0 Å². The van der Waals surface area contributed by atoms with Crippen LogP contribution in [-0.2, 0) is 0 Å². The van der Waals surface area contributed by atoms with Gasteiger partial charge < -0.3 is 10.2 Å². The Balaban J connectivity index is 2.46. The van der Waals surface area contributed by atoms with Gasteiger partial charge in [0.25, 0.3) is 0 Å². The number of benzene rings is 1. The van der Waals surface area contributed by atoms with Crippen LogP contribution in [0.1, 0.15) is 20.3 Å². The summed E-state index contributed by atoms with van der Waals surface area (Å²) >= 11 is 0. The van der Waals surface area contributed by atoms with Crippen LogP contribution in [-0.4, -0.2) is 13.2 Å². The standard InChI is InChI=1S/C11H18N2O/c1-3-8-12-13-10-6-5-7-11(9-10)14-4-2/h5-7,9,12-13H,3-4,8H2,1-2H3. The number of anilines is 1. The molecule has 0 amide bonds. The minimum atomic E-state index is 0.700. The van der Waals surface area contributed by atoms with Crippen LogP contribution in [0.2, 0.25) is 0 Å². The molecule has 0 saturated carbocycles. The van der Waals surface area contributed by atoms with Gasteiger partial charge in [-0.3, -0.25) is 0 Å². The molecule has 0 aliphatic rings. The molecule has 0 atom stereocenters. The highest BCUT2D eigenvalue weighted by atomic mass is 16.5. The van der Waals surface area contributed by atoms with Crippen LogP contribution in [0.3, 0.4) is 0 Å². The molecule has 0 unspecified atom stereocenters. The third-order valence-corrected chi connectivity index (χ3v) is 1.75. The summed E-state index contributed by atoms with van der Waals surface area (Å²) < 4.78 is 5.39. The summed E-state index contributed by atoms with van der Waals surface area (Å²) in [7, 11) is 0. The molecule has 78 valence electrons. The molecule has 3 nitrogen and oxygen atoms in total. The third-order valence-electron chi connectivity index (χ3n) is 1.75. The van der Waals surface area contributed by atoms with E-state index in [-0.39, 0.29) is 0 Å². The molecule has 3 heteroatoms. The number of hydrogen-bond donors (Lipinski definition) is 2. The van der Waals surface area contributed by atoms with Gasteiger partial charge in [-0.2, -0.15) is 0 Å². The van der Waals surface area contributed by atoms with E-state index in [1.54, 1.807) is 0 Å². The van der Waals surface area contributed by atoms with Crippen LogP contribution in [0.5, 0.6) is 5.75 Å². The SMILES string of the molecule is CCCNNc1cccc(OCC)c1. The molecular formula is C11H18N2O. The average Bonchev–Trinajstić information content (AvgIpc) is 2.19. The number of nitrogens with one attached hydrogen (secondary N) is 2. The predicted molar refractivity (Wildman–Crippen MR) is 59.5 cm³/mol. The molecule has 0 aliphatic carbocycles. The van der Waals surface area contributed by atoms with E-state index in [1.807, 2.05) is 31.2 Å². The summed E-state index contributed by atoms with van der Waals surface area (Å²) in [6, 6.07) is 7.91. The van der Waals surface area contributed by atoms with Crippen molar-refractivity contribution >= 4 is 5.69 Å². The van der Waals surface area contributed by atoms with Gasteiger partial charge in [-0.05, 0) is 25.5 Å². The summed E-state index contributed by atoms with van der Waals surface area (Å²) in [4.78, 5) is 0. The highest BCUT2D eigenvalue weighted by Crippen LogP contribution is 2.16. The maximum absolute atomic E-state index is 5.39. The Morgan fingerprint density at radius 2 is 2.14 bits per heavy atom. The van der Waals surface area contributed by atoms with Gasteiger partial charge in [0.1, 0.15) is 5.75 Å². The van der Waals surface area contributed by atoms with Crippen molar-refractivity contribution in [3.05, 3.63) is 24.3 Å². The Kier molecular flexibility index (Phi) is 4.86. The predicted octanol–water partition coefficient (Wildman–Crippen LogP) is 2.41. The molecule has 1 aromatic rings. The van der Waals surface area contributed by atoms with Crippen molar-refractivity contribution in [3.63, 3.8) is 0 Å². The minimum Gasteiger partial charge on any atom is -0.494 e. The fourth-order valence-corrected chi connectivity index (χ4v) is 1.12. The van der Waals surface area contributed by atoms with Crippen molar-refractivity contribution < 1.29 is 4.74 Å². The Bertz CT molecular complexity index is 263. The number of rotatable bonds is 6. The lowest BCUT2D eigenvalue weighted by Gasteiger charge is -2.09. The zero-order valence-corrected chi connectivity index (χ0v) is 8.84. The lowest BCUT2D eigenvalue weighted by molar-refractivity contribution is 0.340. The van der Waals surface area contributed by atoms with Crippen molar-refractivity contribution in [1.29, 1.82) is 0 Å². The largest absolute Gasteiger partial charge is 0.494 e. The molecule has 2 N–H and O–H groups in total. The van der Waals surface area contributed by atoms with Gasteiger partial charge >= 0.3 is 0 Å². The molecule has 1 rings (SSSR count). The second-order valence-electron chi connectivity index (χ2n) is 3.01. The van der Waals surface area contributed by atoms with Crippen molar-refractivity contribution in [3.8, 4) is 5.75 Å². The van der Waals surface area contributed by atoms with Gasteiger partial charge in [-0.25, -0.2) is 5.43 Å². The molecule has 0 aromatic heterocycles. The lowest BCUT2D eigenvalue weighted by Crippen LogP contribution is -2.21. The van der Waals surface area contributed by atoms with Crippen LogP contribution in [0.25, 0.3) is 0 Å². The van der Waals surface area contributed by atoms with E-state index in [9.17, 15) is 0 Å². The monoisotopic (exact) mass is 194 g/mol. The second-order valence-corrected chi connectivity index (χ2v) is 3.01. The molecule has 0 saturated heterocycles. The number of hydrazine groups is 1. The minimum absolute atomic E-state index is 0.700. The van der Waals surface area contributed by atoms with Gasteiger partial charge in [-0.1, -0.05) is 13.0 Å². The van der Waals surface area contributed by atoms with Crippen LogP contribution < -0.4 is 15.6 Å². The first-order chi connectivity index (χ1) is 6.86. The third kappa shape index (κ3) is 3.66. The highest BCUT2D eigenvalue weighted by molar-refractivity contribution is 5.47. The second kappa shape index (κ2) is 6.27. The van der Waals surface area contributed by atoms with Gasteiger partial charge in [0.2, 0.25) is 0 Å². The topological polar surface area (TPSA) is 33.3 Å². The van der Waals surface area contributed by atoms with Gasteiger partial charge in [0.15, 0.2) is 0 Å². The maximum atomic E-state index is 5.39. The van der Waals surface area contributed by atoms with E-state index in [1.165, 1.54) is 0 Å². The van der Waals surface area contributed by atoms with Crippen molar-refractivity contribution in [2.75, 3.05) is 18.6 Å². The molecule has 0 aliphatic heterocycles. The Morgan fingerprint density at radius 3 is 2.86 bits per heavy atom. The fourth-order valence-electron chi connectivity index (χ4n) is 1.12. The lowest BCUT2D eigenvalue weighted by atomic mass is 10.3. The fraction of sp³-hybridized carbons (Fsp3) is 0.455. The summed E-state index contributed by atoms with van der Waals surface area (Å²) in [5, 5.41) is 0. The molecule has 0 bridgehead atoms. The van der Waals surface area contributed by atoms with Crippen molar-refractivity contribution in [1.82, 2.24) is 5.43 Å². The van der Waals surface area contributed by atoms with Crippen molar-refractivity contribution in [2.24, 2.45) is 0 Å². The first kappa shape index (κ1) is 10.9. The summed E-state index contributed by atoms with van der Waals surface area (Å²) in [5.74, 6) is 0.899. The Labute approximate surface area is 85.4 Å². The summed E-state index contributed by atoms with van der Waals surface area (Å²) in [6.45, 7) is 5.77. The van der Waals surface area contributed by atoms with E-state index < -0.39 is 0 Å². The van der Waals surface area contributed by atoms with E-state index in [0.717, 1.165) is 24.4 Å². The zero-order chi connectivity index (χ0) is 10.2. The van der Waals surface area contributed by atoms with E-state index in [0.29, 0.717) is 6.61 Å². The molecule has 0 radical (unpaired) electrons. The molecule has 0 fully saturated rings. The Morgan fingerprint density at radius 1 is 1.29 bits per heavy atom. The van der Waals surface area contributed by atoms with E-state index in [2.05, 4.69) is 17.8 Å². The number of hydrogen-bond acceptors (Lipinski definition) is 3. The molecule has 14 heavy (non-hydrogen) atoms. The summed E-state index contributed by atoms with van der Waals surface area (Å²) in [6.07, 6.45) is 1.11. The molecule has 1 aromatic carbocycles. The smallest absolute Gasteiger partial charge is 0.121 e. The van der Waals surface area contributed by atoms with Crippen molar-refractivity contribution in [2.45, 2.75) is 20.3 Å². The van der Waals surface area contributed by atoms with Gasteiger partial charge in [0, 0.05) is 12.6 Å². The zero-order valence-electron chi connectivity index (χ0n) is 8.84. The normalized spacial score (nSPS) is 9.86. The van der Waals surface area contributed by atoms with E-state index in [4.69, 9.17) is 4.74 Å². The average molecular weight is 194 g/mol.